The predicted molar refractivity (Wildman–Crippen MR) is 145 cm³/mol. The highest BCUT2D eigenvalue weighted by Crippen LogP contribution is 2.21. The molecule has 0 radical (unpaired) electrons. The molecule has 190 valence electrons. The SMILES string of the molecule is CCCCNC(=O)[C@H](Cc1ccccc1)N(Cc1ccccc1C)C(=O)COc1ccc(C)cc1C. The quantitative estimate of drug-likeness (QED) is 0.342. The van der Waals surface area contributed by atoms with Crippen LogP contribution in [0.3, 0.4) is 0 Å². The number of aryl methyl sites for hydroxylation is 3. The van der Waals surface area contributed by atoms with Crippen molar-refractivity contribution in [3.05, 3.63) is 101 Å². The largest absolute Gasteiger partial charge is 0.483 e. The van der Waals surface area contributed by atoms with Gasteiger partial charge in [0.25, 0.3) is 5.91 Å². The van der Waals surface area contributed by atoms with Crippen LogP contribution < -0.4 is 10.1 Å². The Bertz CT molecular complexity index is 1140. The third-order valence-electron chi connectivity index (χ3n) is 6.38. The molecule has 5 heteroatoms. The zero-order chi connectivity index (χ0) is 25.9. The van der Waals surface area contributed by atoms with Crippen LogP contribution in [0.15, 0.2) is 72.8 Å². The Hall–Kier alpha value is -3.60. The summed E-state index contributed by atoms with van der Waals surface area (Å²) in [5.41, 5.74) is 5.21. The van der Waals surface area contributed by atoms with Gasteiger partial charge in [0.15, 0.2) is 6.61 Å². The van der Waals surface area contributed by atoms with Gasteiger partial charge in [-0.25, -0.2) is 0 Å². The molecule has 0 saturated heterocycles. The molecule has 5 nitrogen and oxygen atoms in total. The van der Waals surface area contributed by atoms with Crippen molar-refractivity contribution in [3.63, 3.8) is 0 Å². The first kappa shape index (κ1) is 27.0. The average molecular weight is 487 g/mol. The van der Waals surface area contributed by atoms with E-state index in [-0.39, 0.29) is 18.4 Å². The Morgan fingerprint density at radius 2 is 1.64 bits per heavy atom. The van der Waals surface area contributed by atoms with E-state index in [0.717, 1.165) is 40.7 Å². The lowest BCUT2D eigenvalue weighted by Crippen LogP contribution is -2.52. The third kappa shape index (κ3) is 7.70. The highest BCUT2D eigenvalue weighted by atomic mass is 16.5. The van der Waals surface area contributed by atoms with Gasteiger partial charge in [-0.2, -0.15) is 0 Å². The zero-order valence-electron chi connectivity index (χ0n) is 21.9. The lowest BCUT2D eigenvalue weighted by atomic mass is 10.0. The van der Waals surface area contributed by atoms with Gasteiger partial charge in [-0.1, -0.05) is 85.6 Å². The maximum Gasteiger partial charge on any atom is 0.261 e. The van der Waals surface area contributed by atoms with Crippen LogP contribution in [0.25, 0.3) is 0 Å². The van der Waals surface area contributed by atoms with Crippen molar-refractivity contribution in [2.24, 2.45) is 0 Å². The topological polar surface area (TPSA) is 58.6 Å². The number of ether oxygens (including phenoxy) is 1. The fraction of sp³-hybridized carbons (Fsp3) is 0.355. The number of nitrogens with one attached hydrogen (secondary N) is 1. The van der Waals surface area contributed by atoms with E-state index < -0.39 is 6.04 Å². The minimum atomic E-state index is -0.654. The number of benzene rings is 3. The van der Waals surface area contributed by atoms with Crippen LogP contribution in [0, 0.1) is 20.8 Å². The van der Waals surface area contributed by atoms with Crippen LogP contribution >= 0.6 is 0 Å². The second kappa shape index (κ2) is 13.5. The van der Waals surface area contributed by atoms with Crippen LogP contribution in [0.4, 0.5) is 0 Å². The third-order valence-corrected chi connectivity index (χ3v) is 6.38. The van der Waals surface area contributed by atoms with Gasteiger partial charge in [0.2, 0.25) is 5.91 Å². The summed E-state index contributed by atoms with van der Waals surface area (Å²) >= 11 is 0. The van der Waals surface area contributed by atoms with Crippen molar-refractivity contribution in [3.8, 4) is 5.75 Å². The molecule has 0 fully saturated rings. The summed E-state index contributed by atoms with van der Waals surface area (Å²) in [7, 11) is 0. The summed E-state index contributed by atoms with van der Waals surface area (Å²) in [6.45, 7) is 8.90. The van der Waals surface area contributed by atoms with Crippen LogP contribution in [0.1, 0.15) is 47.6 Å². The first-order chi connectivity index (χ1) is 17.4. The zero-order valence-corrected chi connectivity index (χ0v) is 21.9. The number of nitrogens with zero attached hydrogens (tertiary/aromatic N) is 1. The normalized spacial score (nSPS) is 11.6. The molecule has 0 aliphatic heterocycles. The molecule has 0 saturated carbocycles. The van der Waals surface area contributed by atoms with Gasteiger partial charge in [-0.05, 0) is 55.5 Å². The van der Waals surface area contributed by atoms with Crippen molar-refractivity contribution in [2.75, 3.05) is 13.2 Å². The first-order valence-corrected chi connectivity index (χ1v) is 12.7. The van der Waals surface area contributed by atoms with Gasteiger partial charge in [0.05, 0.1) is 0 Å². The lowest BCUT2D eigenvalue weighted by Gasteiger charge is -2.32. The van der Waals surface area contributed by atoms with Crippen LogP contribution in [-0.4, -0.2) is 35.9 Å². The van der Waals surface area contributed by atoms with Gasteiger partial charge in [0, 0.05) is 19.5 Å². The van der Waals surface area contributed by atoms with Gasteiger partial charge >= 0.3 is 0 Å². The Balaban J connectivity index is 1.90. The second-order valence-electron chi connectivity index (χ2n) is 9.36. The minimum Gasteiger partial charge on any atom is -0.483 e. The molecule has 0 aliphatic rings. The molecule has 36 heavy (non-hydrogen) atoms. The Kier molecular flexibility index (Phi) is 10.1. The highest BCUT2D eigenvalue weighted by Gasteiger charge is 2.31. The van der Waals surface area contributed by atoms with E-state index in [1.54, 1.807) is 4.90 Å². The van der Waals surface area contributed by atoms with Gasteiger partial charge in [0.1, 0.15) is 11.8 Å². The fourth-order valence-corrected chi connectivity index (χ4v) is 4.21. The van der Waals surface area contributed by atoms with Crippen LogP contribution in [0.5, 0.6) is 5.75 Å². The smallest absolute Gasteiger partial charge is 0.261 e. The van der Waals surface area contributed by atoms with Crippen molar-refractivity contribution >= 4 is 11.8 Å². The number of hydrogen-bond donors (Lipinski definition) is 1. The predicted octanol–water partition coefficient (Wildman–Crippen LogP) is 5.55. The summed E-state index contributed by atoms with van der Waals surface area (Å²) in [6.07, 6.45) is 2.31. The fourth-order valence-electron chi connectivity index (χ4n) is 4.21. The van der Waals surface area contributed by atoms with E-state index in [1.165, 1.54) is 0 Å². The standard InChI is InChI=1S/C31H38N2O3/c1-5-6-18-32-31(35)28(20-26-13-8-7-9-14-26)33(21-27-15-11-10-12-24(27)3)30(34)22-36-29-17-16-23(2)19-25(29)4/h7-17,19,28H,5-6,18,20-22H2,1-4H3,(H,32,35)/t28-/m0/s1. The number of carbonyl (C=O) groups is 2. The summed E-state index contributed by atoms with van der Waals surface area (Å²) in [5, 5.41) is 3.06. The molecular formula is C31H38N2O3. The average Bonchev–Trinajstić information content (AvgIpc) is 2.87. The molecule has 3 aromatic carbocycles. The summed E-state index contributed by atoms with van der Waals surface area (Å²) in [5.74, 6) is 0.322. The molecular weight excluding hydrogens is 448 g/mol. The number of hydrogen-bond acceptors (Lipinski definition) is 3. The maximum absolute atomic E-state index is 13.7. The molecule has 3 aromatic rings. The number of amides is 2. The van der Waals surface area contributed by atoms with Crippen molar-refractivity contribution in [1.29, 1.82) is 0 Å². The van der Waals surface area contributed by atoms with Crippen molar-refractivity contribution in [2.45, 2.75) is 59.5 Å². The Labute approximate surface area is 215 Å². The summed E-state index contributed by atoms with van der Waals surface area (Å²) < 4.78 is 5.96. The molecule has 0 bridgehead atoms. The molecule has 1 N–H and O–H groups in total. The summed E-state index contributed by atoms with van der Waals surface area (Å²) in [6, 6.07) is 23.1. The lowest BCUT2D eigenvalue weighted by molar-refractivity contribution is -0.142. The molecule has 0 unspecified atom stereocenters. The van der Waals surface area contributed by atoms with E-state index in [2.05, 4.69) is 12.2 Å². The maximum atomic E-state index is 13.7. The molecule has 0 heterocycles. The molecule has 0 spiro atoms. The summed E-state index contributed by atoms with van der Waals surface area (Å²) in [4.78, 5) is 28.8. The van der Waals surface area contributed by atoms with Gasteiger partial charge in [-0.15, -0.1) is 0 Å². The molecule has 1 atom stereocenters. The molecule has 0 aromatic heterocycles. The van der Waals surface area contributed by atoms with Gasteiger partial charge in [-0.3, -0.25) is 9.59 Å². The van der Waals surface area contributed by atoms with Crippen LogP contribution in [0.2, 0.25) is 0 Å². The van der Waals surface area contributed by atoms with E-state index in [4.69, 9.17) is 4.74 Å². The van der Waals surface area contributed by atoms with E-state index in [1.807, 2.05) is 93.6 Å². The highest BCUT2D eigenvalue weighted by molar-refractivity contribution is 5.88. The monoisotopic (exact) mass is 486 g/mol. The number of rotatable bonds is 12. The van der Waals surface area contributed by atoms with Crippen LogP contribution in [-0.2, 0) is 22.6 Å². The van der Waals surface area contributed by atoms with E-state index in [0.29, 0.717) is 25.3 Å². The molecule has 3 rings (SSSR count). The number of carbonyl (C=O) groups excluding carboxylic acids is 2. The van der Waals surface area contributed by atoms with Crippen molar-refractivity contribution < 1.29 is 14.3 Å². The van der Waals surface area contributed by atoms with E-state index >= 15 is 0 Å². The molecule has 0 aliphatic carbocycles. The van der Waals surface area contributed by atoms with Gasteiger partial charge < -0.3 is 15.0 Å². The second-order valence-corrected chi connectivity index (χ2v) is 9.36. The Morgan fingerprint density at radius 3 is 2.33 bits per heavy atom. The number of unbranched alkanes of at least 4 members (excludes halogenated alkanes) is 1. The Morgan fingerprint density at radius 1 is 0.917 bits per heavy atom. The molecule has 2 amide bonds. The minimum absolute atomic E-state index is 0.136. The van der Waals surface area contributed by atoms with Crippen molar-refractivity contribution in [1.82, 2.24) is 10.2 Å². The van der Waals surface area contributed by atoms with E-state index in [9.17, 15) is 9.59 Å². The first-order valence-electron chi connectivity index (χ1n) is 12.7.